The van der Waals surface area contributed by atoms with Gasteiger partial charge in [0.1, 0.15) is 0 Å². The Labute approximate surface area is 67.0 Å². The molecule has 0 bridgehead atoms. The minimum atomic E-state index is -0.814. The fourth-order valence-corrected chi connectivity index (χ4v) is 1.14. The van der Waals surface area contributed by atoms with E-state index < -0.39 is 11.7 Å². The summed E-state index contributed by atoms with van der Waals surface area (Å²) in [6.07, 6.45) is 0.680. The molecule has 1 amide bonds. The van der Waals surface area contributed by atoms with E-state index in [1.807, 2.05) is 20.8 Å². The second kappa shape index (κ2) is 4.11. The minimum Gasteiger partial charge on any atom is -0.363 e. The third-order valence-electron chi connectivity index (χ3n) is 1.82. The number of hydrogen-bond donors (Lipinski definition) is 1. The molecule has 0 aliphatic carbocycles. The summed E-state index contributed by atoms with van der Waals surface area (Å²) in [5, 5.41) is 0. The van der Waals surface area contributed by atoms with Gasteiger partial charge in [-0.15, -0.1) is 0 Å². The standard InChI is InChI=1S/C8H15NO2/c1-4-6(5(2)3)7(10)8(9)11/h5-6H,4H2,1-3H3,(H2,9,11). The number of ketones is 1. The lowest BCUT2D eigenvalue weighted by atomic mass is 9.89. The Morgan fingerprint density at radius 2 is 1.82 bits per heavy atom. The molecule has 0 saturated heterocycles. The molecule has 2 N–H and O–H groups in total. The molecule has 0 heterocycles. The quantitative estimate of drug-likeness (QED) is 0.611. The first-order valence-electron chi connectivity index (χ1n) is 3.84. The summed E-state index contributed by atoms with van der Waals surface area (Å²) < 4.78 is 0. The van der Waals surface area contributed by atoms with Crippen molar-refractivity contribution in [3.8, 4) is 0 Å². The Morgan fingerprint density at radius 3 is 1.91 bits per heavy atom. The van der Waals surface area contributed by atoms with Crippen molar-refractivity contribution in [1.29, 1.82) is 0 Å². The van der Waals surface area contributed by atoms with Gasteiger partial charge in [-0.1, -0.05) is 20.8 Å². The summed E-state index contributed by atoms with van der Waals surface area (Å²) in [6.45, 7) is 5.70. The lowest BCUT2D eigenvalue weighted by Crippen LogP contribution is -2.32. The van der Waals surface area contributed by atoms with E-state index >= 15 is 0 Å². The Hall–Kier alpha value is -0.860. The summed E-state index contributed by atoms with van der Waals surface area (Å²) in [6, 6.07) is 0. The molecule has 0 spiro atoms. The zero-order valence-electron chi connectivity index (χ0n) is 7.26. The van der Waals surface area contributed by atoms with Gasteiger partial charge in [0.2, 0.25) is 5.78 Å². The van der Waals surface area contributed by atoms with Gasteiger partial charge in [-0.25, -0.2) is 0 Å². The van der Waals surface area contributed by atoms with Crippen LogP contribution in [0.3, 0.4) is 0 Å². The first-order chi connectivity index (χ1) is 5.00. The summed E-state index contributed by atoms with van der Waals surface area (Å²) >= 11 is 0. The normalized spacial score (nSPS) is 13.1. The topological polar surface area (TPSA) is 60.2 Å². The number of rotatable bonds is 4. The monoisotopic (exact) mass is 157 g/mol. The fraction of sp³-hybridized carbons (Fsp3) is 0.750. The van der Waals surface area contributed by atoms with E-state index in [2.05, 4.69) is 0 Å². The minimum absolute atomic E-state index is 0.194. The van der Waals surface area contributed by atoms with Crippen molar-refractivity contribution in [3.05, 3.63) is 0 Å². The van der Waals surface area contributed by atoms with E-state index in [0.717, 1.165) is 0 Å². The van der Waals surface area contributed by atoms with Gasteiger partial charge >= 0.3 is 0 Å². The molecule has 0 aromatic rings. The number of primary amides is 1. The summed E-state index contributed by atoms with van der Waals surface area (Å²) in [7, 11) is 0. The van der Waals surface area contributed by atoms with Crippen LogP contribution in [-0.2, 0) is 9.59 Å². The summed E-state index contributed by atoms with van der Waals surface area (Å²) in [4.78, 5) is 21.5. The number of nitrogens with two attached hydrogens (primary N) is 1. The first kappa shape index (κ1) is 10.1. The molecule has 1 atom stereocenters. The van der Waals surface area contributed by atoms with Crippen LogP contribution in [0.5, 0.6) is 0 Å². The summed E-state index contributed by atoms with van der Waals surface area (Å²) in [5.41, 5.74) is 4.86. The predicted octanol–water partition coefficient (Wildman–Crippen LogP) is 0.723. The average Bonchev–Trinajstić information content (AvgIpc) is 1.88. The van der Waals surface area contributed by atoms with Gasteiger partial charge in [0, 0.05) is 5.92 Å². The van der Waals surface area contributed by atoms with E-state index in [1.54, 1.807) is 0 Å². The van der Waals surface area contributed by atoms with Gasteiger partial charge in [-0.05, 0) is 12.3 Å². The molecule has 0 rings (SSSR count). The molecule has 0 aliphatic rings. The zero-order valence-corrected chi connectivity index (χ0v) is 7.26. The Bertz CT molecular complexity index is 163. The average molecular weight is 157 g/mol. The molecule has 11 heavy (non-hydrogen) atoms. The van der Waals surface area contributed by atoms with Crippen molar-refractivity contribution in [3.63, 3.8) is 0 Å². The number of carbonyl (C=O) groups is 2. The number of hydrogen-bond acceptors (Lipinski definition) is 2. The molecular formula is C8H15NO2. The largest absolute Gasteiger partial charge is 0.363 e. The second-order valence-electron chi connectivity index (χ2n) is 2.99. The summed E-state index contributed by atoms with van der Waals surface area (Å²) in [5.74, 6) is -1.26. The molecule has 1 unspecified atom stereocenters. The molecule has 0 aromatic heterocycles. The van der Waals surface area contributed by atoms with Crippen LogP contribution in [-0.4, -0.2) is 11.7 Å². The van der Waals surface area contributed by atoms with E-state index in [0.29, 0.717) is 6.42 Å². The predicted molar refractivity (Wildman–Crippen MR) is 42.8 cm³/mol. The van der Waals surface area contributed by atoms with Gasteiger partial charge in [-0.3, -0.25) is 9.59 Å². The Morgan fingerprint density at radius 1 is 1.36 bits per heavy atom. The lowest BCUT2D eigenvalue weighted by Gasteiger charge is -2.14. The molecular weight excluding hydrogens is 142 g/mol. The molecule has 0 aromatic carbocycles. The smallest absolute Gasteiger partial charge is 0.285 e. The number of carbonyl (C=O) groups excluding carboxylic acids is 2. The van der Waals surface area contributed by atoms with Crippen LogP contribution in [0.4, 0.5) is 0 Å². The van der Waals surface area contributed by atoms with Crippen molar-refractivity contribution in [1.82, 2.24) is 0 Å². The van der Waals surface area contributed by atoms with Crippen molar-refractivity contribution in [2.45, 2.75) is 27.2 Å². The Kier molecular flexibility index (Phi) is 3.79. The van der Waals surface area contributed by atoms with Crippen molar-refractivity contribution >= 4 is 11.7 Å². The first-order valence-corrected chi connectivity index (χ1v) is 3.84. The van der Waals surface area contributed by atoms with Crippen molar-refractivity contribution in [2.24, 2.45) is 17.6 Å². The van der Waals surface area contributed by atoms with Gasteiger partial charge < -0.3 is 5.73 Å². The van der Waals surface area contributed by atoms with Crippen molar-refractivity contribution in [2.75, 3.05) is 0 Å². The zero-order chi connectivity index (χ0) is 9.02. The maximum Gasteiger partial charge on any atom is 0.285 e. The van der Waals surface area contributed by atoms with Crippen molar-refractivity contribution < 1.29 is 9.59 Å². The van der Waals surface area contributed by atoms with Crippen LogP contribution < -0.4 is 5.73 Å². The lowest BCUT2D eigenvalue weighted by molar-refractivity contribution is -0.139. The van der Waals surface area contributed by atoms with Crippen LogP contribution in [0.1, 0.15) is 27.2 Å². The van der Waals surface area contributed by atoms with Crippen LogP contribution in [0, 0.1) is 11.8 Å². The van der Waals surface area contributed by atoms with E-state index in [9.17, 15) is 9.59 Å². The molecule has 0 radical (unpaired) electrons. The number of amides is 1. The van der Waals surface area contributed by atoms with Gasteiger partial charge in [0.05, 0.1) is 0 Å². The third-order valence-corrected chi connectivity index (χ3v) is 1.82. The third kappa shape index (κ3) is 2.70. The molecule has 3 heteroatoms. The molecule has 0 saturated carbocycles. The highest BCUT2D eigenvalue weighted by molar-refractivity contribution is 6.36. The highest BCUT2D eigenvalue weighted by atomic mass is 16.2. The Balaban J connectivity index is 4.26. The molecule has 0 aliphatic heterocycles. The van der Waals surface area contributed by atoms with Gasteiger partial charge in [0.15, 0.2) is 0 Å². The highest BCUT2D eigenvalue weighted by Crippen LogP contribution is 2.15. The highest BCUT2D eigenvalue weighted by Gasteiger charge is 2.23. The molecule has 3 nitrogen and oxygen atoms in total. The SMILES string of the molecule is CCC(C(=O)C(N)=O)C(C)C. The molecule has 64 valence electrons. The van der Waals surface area contributed by atoms with E-state index in [-0.39, 0.29) is 11.8 Å². The van der Waals surface area contributed by atoms with Crippen LogP contribution in [0.15, 0.2) is 0 Å². The van der Waals surface area contributed by atoms with Crippen LogP contribution >= 0.6 is 0 Å². The number of Topliss-reactive ketones (excluding diaryl/α,β-unsaturated/α-hetero) is 1. The van der Waals surface area contributed by atoms with E-state index in [1.165, 1.54) is 0 Å². The van der Waals surface area contributed by atoms with Gasteiger partial charge in [0.25, 0.3) is 5.91 Å². The molecule has 0 fully saturated rings. The maximum absolute atomic E-state index is 11.0. The maximum atomic E-state index is 11.0. The fourth-order valence-electron chi connectivity index (χ4n) is 1.14. The van der Waals surface area contributed by atoms with E-state index in [4.69, 9.17) is 5.73 Å². The van der Waals surface area contributed by atoms with Crippen LogP contribution in [0.2, 0.25) is 0 Å². The van der Waals surface area contributed by atoms with Crippen LogP contribution in [0.25, 0.3) is 0 Å². The second-order valence-corrected chi connectivity index (χ2v) is 2.99. The van der Waals surface area contributed by atoms with Gasteiger partial charge in [-0.2, -0.15) is 0 Å².